The van der Waals surface area contributed by atoms with Crippen LogP contribution in [0.2, 0.25) is 10.0 Å². The lowest BCUT2D eigenvalue weighted by Gasteiger charge is -2.05. The first-order valence-corrected chi connectivity index (χ1v) is 7.17. The van der Waals surface area contributed by atoms with Gasteiger partial charge in [-0.3, -0.25) is 0 Å². The van der Waals surface area contributed by atoms with Crippen molar-refractivity contribution in [3.63, 3.8) is 0 Å². The Hall–Kier alpha value is -1.23. The van der Waals surface area contributed by atoms with Crippen LogP contribution in [-0.4, -0.2) is 10.1 Å². The molecule has 3 rings (SSSR count). The van der Waals surface area contributed by atoms with Crippen molar-refractivity contribution in [3.05, 3.63) is 50.7 Å². The van der Waals surface area contributed by atoms with Crippen LogP contribution in [0.3, 0.4) is 0 Å². The number of halogens is 4. The number of aromatic amines is 1. The molecule has 1 heterocycles. The largest absolute Gasteiger partial charge is 0.507 e. The first kappa shape index (κ1) is 13.7. The fraction of sp³-hybridized carbons (Fsp3) is 0. The van der Waals surface area contributed by atoms with Crippen molar-refractivity contribution in [1.29, 1.82) is 0 Å². The molecule has 20 heavy (non-hydrogen) atoms. The zero-order valence-corrected chi connectivity index (χ0v) is 12.9. The van der Waals surface area contributed by atoms with Crippen LogP contribution < -0.4 is 0 Å². The van der Waals surface area contributed by atoms with Gasteiger partial charge in [0, 0.05) is 20.4 Å². The average molecular weight is 375 g/mol. The third-order valence-corrected chi connectivity index (χ3v) is 4.07. The van der Waals surface area contributed by atoms with Crippen LogP contribution in [0.15, 0.2) is 34.8 Å². The summed E-state index contributed by atoms with van der Waals surface area (Å²) in [7, 11) is 0. The summed E-state index contributed by atoms with van der Waals surface area (Å²) >= 11 is 15.3. The average Bonchev–Trinajstić information content (AvgIpc) is 2.66. The van der Waals surface area contributed by atoms with E-state index in [-0.39, 0.29) is 11.3 Å². The van der Waals surface area contributed by atoms with Gasteiger partial charge in [-0.25, -0.2) is 4.39 Å². The smallest absolute Gasteiger partial charge is 0.137 e. The summed E-state index contributed by atoms with van der Waals surface area (Å²) in [5, 5.41) is 11.5. The lowest BCUT2D eigenvalue weighted by molar-refractivity contribution is 0.471. The molecular formula is C14H7BrCl2FNO. The van der Waals surface area contributed by atoms with Crippen molar-refractivity contribution < 1.29 is 9.50 Å². The first-order chi connectivity index (χ1) is 9.47. The Morgan fingerprint density at radius 1 is 1.15 bits per heavy atom. The number of aromatic nitrogens is 1. The van der Waals surface area contributed by atoms with Crippen LogP contribution in [0.25, 0.3) is 22.2 Å². The molecule has 2 aromatic carbocycles. The van der Waals surface area contributed by atoms with Crippen LogP contribution >= 0.6 is 39.1 Å². The number of hydrogen-bond donors (Lipinski definition) is 2. The van der Waals surface area contributed by atoms with E-state index in [1.54, 1.807) is 18.2 Å². The Balaban J connectivity index is 2.33. The van der Waals surface area contributed by atoms with Crippen LogP contribution in [0.1, 0.15) is 0 Å². The van der Waals surface area contributed by atoms with Gasteiger partial charge in [0.15, 0.2) is 0 Å². The third-order valence-electron chi connectivity index (χ3n) is 2.98. The predicted octanol–water partition coefficient (Wildman–Crippen LogP) is 5.75. The van der Waals surface area contributed by atoms with E-state index in [1.165, 1.54) is 12.1 Å². The zero-order chi connectivity index (χ0) is 14.4. The molecule has 1 aromatic heterocycles. The number of rotatable bonds is 1. The number of hydrogen-bond acceptors (Lipinski definition) is 1. The number of phenols is 1. The Bertz CT molecular complexity index is 808. The van der Waals surface area contributed by atoms with Gasteiger partial charge in [0.25, 0.3) is 0 Å². The van der Waals surface area contributed by atoms with Gasteiger partial charge in [0.05, 0.1) is 16.3 Å². The maximum Gasteiger partial charge on any atom is 0.137 e. The van der Waals surface area contributed by atoms with E-state index in [2.05, 4.69) is 20.9 Å². The van der Waals surface area contributed by atoms with E-state index in [1.807, 2.05) is 0 Å². The molecule has 0 amide bonds. The molecule has 0 aliphatic rings. The van der Waals surface area contributed by atoms with Crippen molar-refractivity contribution in [1.82, 2.24) is 4.98 Å². The molecule has 6 heteroatoms. The topological polar surface area (TPSA) is 36.0 Å². The molecular weight excluding hydrogens is 368 g/mol. The predicted molar refractivity (Wildman–Crippen MR) is 83.1 cm³/mol. The second-order valence-electron chi connectivity index (χ2n) is 4.29. The zero-order valence-electron chi connectivity index (χ0n) is 9.85. The monoisotopic (exact) mass is 373 g/mol. The highest BCUT2D eigenvalue weighted by atomic mass is 79.9. The fourth-order valence-corrected chi connectivity index (χ4v) is 3.00. The molecule has 0 bridgehead atoms. The number of H-pyrrole nitrogens is 1. The summed E-state index contributed by atoms with van der Waals surface area (Å²) in [6.45, 7) is 0. The fourth-order valence-electron chi connectivity index (χ4n) is 2.11. The minimum atomic E-state index is -0.573. The van der Waals surface area contributed by atoms with Crippen molar-refractivity contribution in [2.24, 2.45) is 0 Å². The number of fused-ring (bicyclic) bond motifs is 1. The van der Waals surface area contributed by atoms with Gasteiger partial charge in [-0.2, -0.15) is 0 Å². The Morgan fingerprint density at radius 3 is 2.60 bits per heavy atom. The summed E-state index contributed by atoms with van der Waals surface area (Å²) in [4.78, 5) is 3.00. The van der Waals surface area contributed by atoms with Crippen molar-refractivity contribution in [2.45, 2.75) is 0 Å². The molecule has 3 aromatic rings. The molecule has 0 aliphatic heterocycles. The van der Waals surface area contributed by atoms with Gasteiger partial charge >= 0.3 is 0 Å². The molecule has 0 fully saturated rings. The van der Waals surface area contributed by atoms with Crippen molar-refractivity contribution in [3.8, 4) is 17.0 Å². The molecule has 0 unspecified atom stereocenters. The van der Waals surface area contributed by atoms with Crippen LogP contribution in [0.4, 0.5) is 4.39 Å². The van der Waals surface area contributed by atoms with Gasteiger partial charge in [0.1, 0.15) is 11.6 Å². The second-order valence-corrected chi connectivity index (χ2v) is 6.02. The SMILES string of the molecule is Oc1cc(Br)cc(F)c1-c1[nH]c2ccc(Cl)cc2c1Cl. The van der Waals surface area contributed by atoms with Crippen LogP contribution in [0.5, 0.6) is 5.75 Å². The van der Waals surface area contributed by atoms with Gasteiger partial charge in [-0.05, 0) is 30.3 Å². The van der Waals surface area contributed by atoms with E-state index in [0.717, 1.165) is 5.52 Å². The highest BCUT2D eigenvalue weighted by molar-refractivity contribution is 9.10. The summed E-state index contributed by atoms with van der Waals surface area (Å²) < 4.78 is 14.5. The lowest BCUT2D eigenvalue weighted by Crippen LogP contribution is -1.87. The van der Waals surface area contributed by atoms with Crippen LogP contribution in [0, 0.1) is 5.82 Å². The Morgan fingerprint density at radius 2 is 1.90 bits per heavy atom. The highest BCUT2D eigenvalue weighted by Gasteiger charge is 2.19. The maximum atomic E-state index is 14.1. The lowest BCUT2D eigenvalue weighted by atomic mass is 10.1. The number of nitrogens with one attached hydrogen (secondary N) is 1. The molecule has 0 radical (unpaired) electrons. The van der Waals surface area contributed by atoms with Gasteiger partial charge in [-0.15, -0.1) is 0 Å². The quantitative estimate of drug-likeness (QED) is 0.559. The standard InChI is InChI=1S/C14H7BrCl2FNO/c15-6-3-9(18)12(11(20)4-6)14-13(17)8-5-7(16)1-2-10(8)19-14/h1-5,19-20H. The molecule has 0 saturated heterocycles. The Kier molecular flexibility index (Phi) is 3.40. The van der Waals surface area contributed by atoms with E-state index < -0.39 is 5.82 Å². The summed E-state index contributed by atoms with van der Waals surface area (Å²) in [5.41, 5.74) is 1.08. The Labute approximate surface area is 132 Å². The maximum absolute atomic E-state index is 14.1. The minimum Gasteiger partial charge on any atom is -0.507 e. The van der Waals surface area contributed by atoms with Crippen molar-refractivity contribution >= 4 is 50.0 Å². The summed E-state index contributed by atoms with van der Waals surface area (Å²) in [6.07, 6.45) is 0. The molecule has 102 valence electrons. The molecule has 2 nitrogen and oxygen atoms in total. The molecule has 0 saturated carbocycles. The normalized spacial score (nSPS) is 11.2. The number of benzene rings is 2. The van der Waals surface area contributed by atoms with Gasteiger partial charge in [0.2, 0.25) is 0 Å². The first-order valence-electron chi connectivity index (χ1n) is 5.62. The van der Waals surface area contributed by atoms with E-state index in [0.29, 0.717) is 25.6 Å². The van der Waals surface area contributed by atoms with Crippen LogP contribution in [-0.2, 0) is 0 Å². The third kappa shape index (κ3) is 2.18. The van der Waals surface area contributed by atoms with E-state index in [9.17, 15) is 9.50 Å². The number of aromatic hydroxyl groups is 1. The van der Waals surface area contributed by atoms with Crippen molar-refractivity contribution in [2.75, 3.05) is 0 Å². The van der Waals surface area contributed by atoms with Gasteiger partial charge in [-0.1, -0.05) is 39.1 Å². The summed E-state index contributed by atoms with van der Waals surface area (Å²) in [6, 6.07) is 7.82. The van der Waals surface area contributed by atoms with E-state index in [4.69, 9.17) is 23.2 Å². The summed E-state index contributed by atoms with van der Waals surface area (Å²) in [5.74, 6) is -0.771. The minimum absolute atomic E-state index is 0.0329. The number of phenolic OH excluding ortho intramolecular Hbond substituents is 1. The second kappa shape index (κ2) is 4.95. The van der Waals surface area contributed by atoms with Gasteiger partial charge < -0.3 is 10.1 Å². The van der Waals surface area contributed by atoms with E-state index >= 15 is 0 Å². The molecule has 2 N–H and O–H groups in total. The molecule has 0 atom stereocenters. The molecule has 0 aliphatic carbocycles. The highest BCUT2D eigenvalue weighted by Crippen LogP contribution is 2.41. The molecule has 0 spiro atoms.